The molecule has 0 bridgehead atoms. The Morgan fingerprint density at radius 1 is 1.21 bits per heavy atom. The third-order valence-electron chi connectivity index (χ3n) is 3.03. The van der Waals surface area contributed by atoms with E-state index in [0.717, 1.165) is 16.3 Å². The van der Waals surface area contributed by atoms with Gasteiger partial charge < -0.3 is 9.57 Å². The Kier molecular flexibility index (Phi) is 4.30. The third-order valence-corrected chi connectivity index (χ3v) is 3.03. The third kappa shape index (κ3) is 3.20. The Hall–Kier alpha value is -2.14. The fourth-order valence-corrected chi connectivity index (χ4v) is 2.17. The van der Waals surface area contributed by atoms with Gasteiger partial charge >= 0.3 is 0 Å². The average Bonchev–Trinajstić information content (AvgIpc) is 2.43. The minimum absolute atomic E-state index is 0.0225. The van der Waals surface area contributed by atoms with E-state index in [-0.39, 0.29) is 12.7 Å². The van der Waals surface area contributed by atoms with E-state index in [1.807, 2.05) is 42.5 Å². The lowest BCUT2D eigenvalue weighted by atomic mass is 9.99. The van der Waals surface area contributed by atoms with E-state index in [9.17, 15) is 10.1 Å². The molecule has 5 heteroatoms. The van der Waals surface area contributed by atoms with Gasteiger partial charge in [-0.15, -0.1) is 10.1 Å². The Morgan fingerprint density at radius 2 is 1.95 bits per heavy atom. The van der Waals surface area contributed by atoms with Gasteiger partial charge in [-0.25, -0.2) is 0 Å². The lowest BCUT2D eigenvalue weighted by molar-refractivity contribution is -0.758. The number of fused-ring (bicyclic) bond motifs is 1. The lowest BCUT2D eigenvalue weighted by Crippen LogP contribution is -2.09. The van der Waals surface area contributed by atoms with E-state index in [4.69, 9.17) is 4.74 Å². The van der Waals surface area contributed by atoms with Crippen molar-refractivity contribution in [2.75, 3.05) is 13.7 Å². The van der Waals surface area contributed by atoms with Gasteiger partial charge in [0.15, 0.2) is 0 Å². The number of methoxy groups -OCH3 is 1. The standard InChI is InChI=1S/C14H15NO4/c1-18-14(9-10-19-15(16)17)13-8-4-6-11-5-2-3-7-12(11)13/h2-8,14H,9-10H2,1H3. The molecule has 0 aliphatic heterocycles. The fraction of sp³-hybridized carbons (Fsp3) is 0.286. The van der Waals surface area contributed by atoms with Crippen molar-refractivity contribution in [3.8, 4) is 0 Å². The van der Waals surface area contributed by atoms with Crippen LogP contribution >= 0.6 is 0 Å². The SMILES string of the molecule is COC(CCO[N+](=O)[O-])c1cccc2ccccc12. The van der Waals surface area contributed by atoms with Crippen LogP contribution in [0.1, 0.15) is 18.1 Å². The molecule has 2 rings (SSSR count). The maximum atomic E-state index is 10.2. The highest BCUT2D eigenvalue weighted by Gasteiger charge is 2.14. The van der Waals surface area contributed by atoms with Crippen LogP contribution in [0.3, 0.4) is 0 Å². The van der Waals surface area contributed by atoms with Crippen molar-refractivity contribution >= 4 is 10.8 Å². The van der Waals surface area contributed by atoms with Gasteiger partial charge in [-0.05, 0) is 16.3 Å². The van der Waals surface area contributed by atoms with Crippen LogP contribution in [0.5, 0.6) is 0 Å². The number of nitrogens with zero attached hydrogens (tertiary/aromatic N) is 1. The topological polar surface area (TPSA) is 61.6 Å². The average molecular weight is 261 g/mol. The van der Waals surface area contributed by atoms with Crippen LogP contribution in [0.15, 0.2) is 42.5 Å². The molecule has 0 amide bonds. The van der Waals surface area contributed by atoms with Gasteiger partial charge in [-0.2, -0.15) is 0 Å². The van der Waals surface area contributed by atoms with Crippen molar-refractivity contribution < 1.29 is 14.7 Å². The van der Waals surface area contributed by atoms with Crippen LogP contribution in [0, 0.1) is 10.1 Å². The summed E-state index contributed by atoms with van der Waals surface area (Å²) in [6, 6.07) is 13.9. The molecule has 1 unspecified atom stereocenters. The monoisotopic (exact) mass is 261 g/mol. The summed E-state index contributed by atoms with van der Waals surface area (Å²) in [4.78, 5) is 14.5. The normalized spacial score (nSPS) is 12.3. The molecule has 0 saturated heterocycles. The summed E-state index contributed by atoms with van der Waals surface area (Å²) >= 11 is 0. The molecule has 2 aromatic rings. The van der Waals surface area contributed by atoms with Crippen LogP contribution < -0.4 is 0 Å². The van der Waals surface area contributed by atoms with Crippen molar-refractivity contribution in [1.82, 2.24) is 0 Å². The number of ether oxygens (including phenoxy) is 1. The summed E-state index contributed by atoms with van der Waals surface area (Å²) in [5.74, 6) is 0. The van der Waals surface area contributed by atoms with Crippen molar-refractivity contribution in [3.05, 3.63) is 58.1 Å². The molecule has 0 fully saturated rings. The van der Waals surface area contributed by atoms with E-state index in [0.29, 0.717) is 6.42 Å². The molecule has 0 aromatic heterocycles. The van der Waals surface area contributed by atoms with Gasteiger partial charge in [0.2, 0.25) is 0 Å². The zero-order chi connectivity index (χ0) is 13.7. The molecule has 2 aromatic carbocycles. The smallest absolute Gasteiger partial charge is 0.294 e. The second-order valence-corrected chi connectivity index (χ2v) is 4.14. The fourth-order valence-electron chi connectivity index (χ4n) is 2.17. The first-order valence-corrected chi connectivity index (χ1v) is 6.00. The largest absolute Gasteiger partial charge is 0.377 e. The maximum Gasteiger partial charge on any atom is 0.294 e. The van der Waals surface area contributed by atoms with Gasteiger partial charge in [-0.1, -0.05) is 42.5 Å². The Morgan fingerprint density at radius 3 is 2.68 bits per heavy atom. The van der Waals surface area contributed by atoms with Gasteiger partial charge in [-0.3, -0.25) is 0 Å². The molecule has 0 spiro atoms. The molecular weight excluding hydrogens is 246 g/mol. The summed E-state index contributed by atoms with van der Waals surface area (Å²) in [7, 11) is 1.60. The molecule has 0 aliphatic carbocycles. The number of hydrogen-bond donors (Lipinski definition) is 0. The predicted molar refractivity (Wildman–Crippen MR) is 71.3 cm³/mol. The molecule has 1 atom stereocenters. The van der Waals surface area contributed by atoms with Gasteiger partial charge in [0.25, 0.3) is 5.09 Å². The van der Waals surface area contributed by atoms with E-state index >= 15 is 0 Å². The molecular formula is C14H15NO4. The molecule has 5 nitrogen and oxygen atoms in total. The summed E-state index contributed by atoms with van der Waals surface area (Å²) in [6.45, 7) is 0.0225. The van der Waals surface area contributed by atoms with Crippen molar-refractivity contribution in [1.29, 1.82) is 0 Å². The highest BCUT2D eigenvalue weighted by molar-refractivity contribution is 5.85. The van der Waals surface area contributed by atoms with E-state index < -0.39 is 5.09 Å². The van der Waals surface area contributed by atoms with Crippen LogP contribution in [0.25, 0.3) is 10.8 Å². The maximum absolute atomic E-state index is 10.2. The summed E-state index contributed by atoms with van der Waals surface area (Å²) < 4.78 is 5.42. The minimum atomic E-state index is -0.782. The minimum Gasteiger partial charge on any atom is -0.377 e. The molecule has 100 valence electrons. The van der Waals surface area contributed by atoms with Gasteiger partial charge in [0, 0.05) is 13.5 Å². The molecule has 0 aliphatic rings. The Bertz CT molecular complexity index is 565. The van der Waals surface area contributed by atoms with Crippen LogP contribution in [-0.4, -0.2) is 18.8 Å². The summed E-state index contributed by atoms with van der Waals surface area (Å²) in [5, 5.41) is 11.6. The van der Waals surface area contributed by atoms with Crippen molar-refractivity contribution in [2.24, 2.45) is 0 Å². The molecule has 0 heterocycles. The van der Waals surface area contributed by atoms with Gasteiger partial charge in [0.05, 0.1) is 12.7 Å². The van der Waals surface area contributed by atoms with Crippen molar-refractivity contribution in [2.45, 2.75) is 12.5 Å². The molecule has 19 heavy (non-hydrogen) atoms. The molecule has 0 saturated carbocycles. The lowest BCUT2D eigenvalue weighted by Gasteiger charge is -2.17. The highest BCUT2D eigenvalue weighted by atomic mass is 16.9. The highest BCUT2D eigenvalue weighted by Crippen LogP contribution is 2.28. The Balaban J connectivity index is 2.22. The van der Waals surface area contributed by atoms with E-state index in [2.05, 4.69) is 4.84 Å². The quantitative estimate of drug-likeness (QED) is 0.592. The van der Waals surface area contributed by atoms with E-state index in [1.54, 1.807) is 7.11 Å². The zero-order valence-corrected chi connectivity index (χ0v) is 10.6. The Labute approximate surface area is 110 Å². The number of rotatable bonds is 6. The first kappa shape index (κ1) is 13.3. The van der Waals surface area contributed by atoms with E-state index in [1.165, 1.54) is 0 Å². The molecule has 0 radical (unpaired) electrons. The first-order chi connectivity index (χ1) is 9.22. The van der Waals surface area contributed by atoms with Crippen molar-refractivity contribution in [3.63, 3.8) is 0 Å². The molecule has 0 N–H and O–H groups in total. The summed E-state index contributed by atoms with van der Waals surface area (Å²) in [6.07, 6.45) is 0.219. The summed E-state index contributed by atoms with van der Waals surface area (Å²) in [5.41, 5.74) is 1.02. The number of benzene rings is 2. The predicted octanol–water partition coefficient (Wildman–Crippen LogP) is 3.13. The zero-order valence-electron chi connectivity index (χ0n) is 10.6. The first-order valence-electron chi connectivity index (χ1n) is 6.00. The van der Waals surface area contributed by atoms with Crippen LogP contribution in [-0.2, 0) is 9.57 Å². The van der Waals surface area contributed by atoms with Crippen LogP contribution in [0.2, 0.25) is 0 Å². The second-order valence-electron chi connectivity index (χ2n) is 4.14. The second kappa shape index (κ2) is 6.15. The van der Waals surface area contributed by atoms with Gasteiger partial charge in [0.1, 0.15) is 0 Å². The van der Waals surface area contributed by atoms with Crippen LogP contribution in [0.4, 0.5) is 0 Å². The number of hydrogen-bond acceptors (Lipinski definition) is 4.